The van der Waals surface area contributed by atoms with E-state index in [2.05, 4.69) is 97.9 Å². The normalized spacial score (nSPS) is 33.1. The van der Waals surface area contributed by atoms with Crippen molar-refractivity contribution >= 4 is 0 Å². The van der Waals surface area contributed by atoms with Crippen molar-refractivity contribution in [2.75, 3.05) is 26.4 Å². The van der Waals surface area contributed by atoms with Crippen LogP contribution in [-0.2, 0) is 20.8 Å². The lowest BCUT2D eigenvalue weighted by Crippen LogP contribution is -2.27. The minimum atomic E-state index is -0.00669. The Balaban J connectivity index is 1.83. The molecular weight excluding hydrogens is 649 g/mol. The van der Waals surface area contributed by atoms with Crippen LogP contribution in [0.3, 0.4) is 0 Å². The summed E-state index contributed by atoms with van der Waals surface area (Å²) in [7, 11) is 0. The largest absolute Gasteiger partial charge is 0.379 e. The Morgan fingerprint density at radius 3 is 1.28 bits per heavy atom. The molecule has 1 aliphatic rings. The molecule has 53 heavy (non-hydrogen) atoms. The molecule has 0 fully saturated rings. The Bertz CT molecular complexity index is 976. The number of hydrogen-bond acceptors (Lipinski definition) is 3. The first-order valence-electron chi connectivity index (χ1n) is 23.1. The van der Waals surface area contributed by atoms with Crippen LogP contribution < -0.4 is 0 Å². The van der Waals surface area contributed by atoms with E-state index in [4.69, 9.17) is 14.2 Å². The minimum absolute atomic E-state index is 0.00669. The van der Waals surface area contributed by atoms with Gasteiger partial charge in [0.25, 0.3) is 0 Å². The fraction of sp³-hybridized carbons (Fsp3) is 0.840. The van der Waals surface area contributed by atoms with Gasteiger partial charge in [0.15, 0.2) is 0 Å². The van der Waals surface area contributed by atoms with E-state index in [-0.39, 0.29) is 6.10 Å². The molecule has 2 rings (SSSR count). The van der Waals surface area contributed by atoms with Gasteiger partial charge in [0.05, 0.1) is 19.8 Å². The Kier molecular flexibility index (Phi) is 28.1. The van der Waals surface area contributed by atoms with Crippen LogP contribution in [0.4, 0.5) is 0 Å². The van der Waals surface area contributed by atoms with Gasteiger partial charge in [0, 0.05) is 13.2 Å². The van der Waals surface area contributed by atoms with Crippen LogP contribution in [0.5, 0.6) is 0 Å². The maximum absolute atomic E-state index is 6.42. The molecule has 0 aliphatic carbocycles. The summed E-state index contributed by atoms with van der Waals surface area (Å²) in [6, 6.07) is 10.5. The van der Waals surface area contributed by atoms with E-state index in [1.54, 1.807) is 0 Å². The predicted octanol–water partition coefficient (Wildman–Crippen LogP) is 15.1. The highest BCUT2D eigenvalue weighted by Gasteiger charge is 2.14. The van der Waals surface area contributed by atoms with E-state index in [0.717, 1.165) is 55.6 Å². The van der Waals surface area contributed by atoms with Gasteiger partial charge >= 0.3 is 0 Å². The average Bonchev–Trinajstić information content (AvgIpc) is 3.12. The Hall–Kier alpha value is -1.16. The topological polar surface area (TPSA) is 27.7 Å². The maximum atomic E-state index is 6.42. The highest BCUT2D eigenvalue weighted by atomic mass is 16.6. The van der Waals surface area contributed by atoms with Crippen LogP contribution in [0.1, 0.15) is 189 Å². The highest BCUT2D eigenvalue weighted by Crippen LogP contribution is 2.25. The zero-order valence-electron chi connectivity index (χ0n) is 36.6. The smallest absolute Gasteiger partial charge is 0.104 e. The van der Waals surface area contributed by atoms with Gasteiger partial charge in [-0.25, -0.2) is 0 Å². The van der Waals surface area contributed by atoms with Crippen molar-refractivity contribution in [1.82, 2.24) is 0 Å². The second kappa shape index (κ2) is 31.0. The maximum Gasteiger partial charge on any atom is 0.104 e. The SMILES string of the molecule is C[C@@H]1CCC[C@H](C)CCC[C@H](C)/C=C/[C@@H](C)CCC[C@@H](C)CCC[C@@H](C)CCC[C@@H](C)CCO[C@H](COCc2ccccc2)COCC[C@H](C)CCC1. The van der Waals surface area contributed by atoms with Gasteiger partial charge in [-0.2, -0.15) is 0 Å². The summed E-state index contributed by atoms with van der Waals surface area (Å²) in [5, 5.41) is 0. The molecule has 308 valence electrons. The van der Waals surface area contributed by atoms with Crippen molar-refractivity contribution in [2.45, 2.75) is 197 Å². The fourth-order valence-corrected chi connectivity index (χ4v) is 8.24. The summed E-state index contributed by atoms with van der Waals surface area (Å²) in [5.74, 6) is 6.25. The van der Waals surface area contributed by atoms with E-state index >= 15 is 0 Å². The number of hydrogen-bond donors (Lipinski definition) is 0. The van der Waals surface area contributed by atoms with Crippen molar-refractivity contribution in [1.29, 1.82) is 0 Å². The molecule has 0 saturated carbocycles. The molecule has 1 aromatic carbocycles. The van der Waals surface area contributed by atoms with Crippen molar-refractivity contribution in [2.24, 2.45) is 47.3 Å². The predicted molar refractivity (Wildman–Crippen MR) is 231 cm³/mol. The Morgan fingerprint density at radius 1 is 0.472 bits per heavy atom. The van der Waals surface area contributed by atoms with Gasteiger partial charge in [-0.3, -0.25) is 0 Å². The molecule has 0 unspecified atom stereocenters. The van der Waals surface area contributed by atoms with E-state index in [0.29, 0.717) is 37.6 Å². The van der Waals surface area contributed by atoms with Crippen molar-refractivity contribution in [3.05, 3.63) is 48.0 Å². The summed E-state index contributed by atoms with van der Waals surface area (Å²) >= 11 is 0. The zero-order valence-corrected chi connectivity index (χ0v) is 36.6. The molecule has 0 bridgehead atoms. The molecule has 0 N–H and O–H groups in total. The van der Waals surface area contributed by atoms with Crippen molar-refractivity contribution in [3.8, 4) is 0 Å². The molecule has 1 aliphatic heterocycles. The van der Waals surface area contributed by atoms with Gasteiger partial charge in [-0.05, 0) is 78.6 Å². The van der Waals surface area contributed by atoms with Crippen LogP contribution in [0, 0.1) is 47.3 Å². The number of benzene rings is 1. The van der Waals surface area contributed by atoms with Crippen LogP contribution in [0.15, 0.2) is 42.5 Å². The lowest BCUT2D eigenvalue weighted by Gasteiger charge is -2.21. The van der Waals surface area contributed by atoms with Crippen molar-refractivity contribution in [3.63, 3.8) is 0 Å². The molecule has 0 aromatic heterocycles. The molecule has 1 aromatic rings. The second-order valence-corrected chi connectivity index (χ2v) is 18.7. The van der Waals surface area contributed by atoms with Gasteiger partial charge in [0.2, 0.25) is 0 Å². The van der Waals surface area contributed by atoms with Gasteiger partial charge < -0.3 is 14.2 Å². The molecule has 9 atom stereocenters. The molecular formula is C50H90O3. The van der Waals surface area contributed by atoms with Gasteiger partial charge in [-0.15, -0.1) is 0 Å². The summed E-state index contributed by atoms with van der Waals surface area (Å²) in [6.07, 6.45) is 31.9. The minimum Gasteiger partial charge on any atom is -0.379 e. The number of allylic oxidation sites excluding steroid dienone is 2. The average molecular weight is 739 g/mol. The third-order valence-electron chi connectivity index (χ3n) is 12.5. The van der Waals surface area contributed by atoms with E-state index in [1.807, 2.05) is 0 Å². The van der Waals surface area contributed by atoms with Crippen molar-refractivity contribution < 1.29 is 14.2 Å². The molecule has 3 nitrogen and oxygen atoms in total. The Morgan fingerprint density at radius 2 is 0.849 bits per heavy atom. The lowest BCUT2D eigenvalue weighted by atomic mass is 9.90. The summed E-state index contributed by atoms with van der Waals surface area (Å²) in [4.78, 5) is 0. The fourth-order valence-electron chi connectivity index (χ4n) is 8.24. The van der Waals surface area contributed by atoms with Crippen LogP contribution in [0.2, 0.25) is 0 Å². The summed E-state index contributed by atoms with van der Waals surface area (Å²) in [5.41, 5.74) is 1.21. The lowest BCUT2D eigenvalue weighted by molar-refractivity contribution is -0.0670. The first-order valence-corrected chi connectivity index (χ1v) is 23.1. The van der Waals surface area contributed by atoms with Crippen LogP contribution >= 0.6 is 0 Å². The van der Waals surface area contributed by atoms with E-state index in [1.165, 1.54) is 121 Å². The van der Waals surface area contributed by atoms with Crippen LogP contribution in [0.25, 0.3) is 0 Å². The number of rotatable bonds is 4. The molecule has 0 saturated heterocycles. The standard InChI is InChI=1S/C50H90O3/c1-41-18-12-20-43(3)24-16-28-47(7)34-36-51-39-50(40-52-38-49-30-10-9-11-31-49)53-37-35-48(8)29-17-25-44(4)21-13-19-42(2)23-15-27-46(6)33-32-45(5)26-14-22-41/h9-11,30-33,41-48,50H,12-29,34-40H2,1-8H3/b33-32+/t41-,42-,43+,44+,45-,46-,47+,48+,50-/m0/s1. The quantitative estimate of drug-likeness (QED) is 0.288. The second-order valence-electron chi connectivity index (χ2n) is 18.7. The molecule has 0 spiro atoms. The molecule has 1 heterocycles. The van der Waals surface area contributed by atoms with Gasteiger partial charge in [0.1, 0.15) is 6.10 Å². The third kappa shape index (κ3) is 27.1. The molecule has 0 amide bonds. The Labute approximate surface area is 331 Å². The van der Waals surface area contributed by atoms with Crippen LogP contribution in [-0.4, -0.2) is 32.5 Å². The zero-order chi connectivity index (χ0) is 38.5. The van der Waals surface area contributed by atoms with Gasteiger partial charge in [-0.1, -0.05) is 201 Å². The molecule has 3 heteroatoms. The monoisotopic (exact) mass is 739 g/mol. The first-order chi connectivity index (χ1) is 25.6. The third-order valence-corrected chi connectivity index (χ3v) is 12.5. The number of ether oxygens (including phenoxy) is 3. The molecule has 0 radical (unpaired) electrons. The van der Waals surface area contributed by atoms with E-state index in [9.17, 15) is 0 Å². The summed E-state index contributed by atoms with van der Waals surface area (Å²) < 4.78 is 18.8. The summed E-state index contributed by atoms with van der Waals surface area (Å²) in [6.45, 7) is 23.0. The highest BCUT2D eigenvalue weighted by molar-refractivity contribution is 5.13. The first kappa shape index (κ1) is 48.0. The van der Waals surface area contributed by atoms with E-state index < -0.39 is 0 Å².